The standard InChI is InChI=1S/C11H11F3O3/c1-7-3-4-9(17-6-10(15)16-2)8(5-7)11(12,13)14/h3-5H,6H2,1-2H3. The van der Waals surface area contributed by atoms with Gasteiger partial charge in [-0.1, -0.05) is 11.6 Å². The molecule has 0 bridgehead atoms. The maximum Gasteiger partial charge on any atom is 0.419 e. The minimum Gasteiger partial charge on any atom is -0.481 e. The van der Waals surface area contributed by atoms with Crippen molar-refractivity contribution >= 4 is 5.97 Å². The van der Waals surface area contributed by atoms with E-state index in [-0.39, 0.29) is 5.75 Å². The Morgan fingerprint density at radius 1 is 1.35 bits per heavy atom. The van der Waals surface area contributed by atoms with Gasteiger partial charge in [0.25, 0.3) is 0 Å². The van der Waals surface area contributed by atoms with Crippen LogP contribution in [0, 0.1) is 6.92 Å². The summed E-state index contributed by atoms with van der Waals surface area (Å²) >= 11 is 0. The summed E-state index contributed by atoms with van der Waals surface area (Å²) in [5.74, 6) is -1.12. The molecule has 0 aliphatic carbocycles. The number of esters is 1. The van der Waals surface area contributed by atoms with Crippen molar-refractivity contribution in [3.05, 3.63) is 29.3 Å². The van der Waals surface area contributed by atoms with E-state index in [1.165, 1.54) is 12.1 Å². The van der Waals surface area contributed by atoms with E-state index in [2.05, 4.69) is 4.74 Å². The lowest BCUT2D eigenvalue weighted by molar-refractivity contribution is -0.145. The molecule has 1 rings (SSSR count). The quantitative estimate of drug-likeness (QED) is 0.771. The molecule has 3 nitrogen and oxygen atoms in total. The van der Waals surface area contributed by atoms with Gasteiger partial charge in [-0.15, -0.1) is 0 Å². The summed E-state index contributed by atoms with van der Waals surface area (Å²) in [7, 11) is 1.13. The molecule has 0 heterocycles. The van der Waals surface area contributed by atoms with Crippen LogP contribution in [0.4, 0.5) is 13.2 Å². The normalized spacial score (nSPS) is 11.1. The summed E-state index contributed by atoms with van der Waals surface area (Å²) in [6, 6.07) is 3.62. The van der Waals surface area contributed by atoms with E-state index in [9.17, 15) is 18.0 Å². The molecule has 1 aromatic rings. The number of methoxy groups -OCH3 is 1. The fourth-order valence-electron chi connectivity index (χ4n) is 1.19. The smallest absolute Gasteiger partial charge is 0.419 e. The number of halogens is 3. The molecule has 1 aromatic carbocycles. The van der Waals surface area contributed by atoms with Crippen molar-refractivity contribution in [3.8, 4) is 5.75 Å². The van der Waals surface area contributed by atoms with Crippen LogP contribution in [-0.4, -0.2) is 19.7 Å². The minimum absolute atomic E-state index is 0.381. The second-order valence-electron chi connectivity index (χ2n) is 3.36. The minimum atomic E-state index is -4.52. The van der Waals surface area contributed by atoms with Gasteiger partial charge in [-0.25, -0.2) is 4.79 Å². The van der Waals surface area contributed by atoms with E-state index in [4.69, 9.17) is 4.74 Å². The third kappa shape index (κ3) is 3.65. The molecule has 0 saturated heterocycles. The number of rotatable bonds is 3. The Morgan fingerprint density at radius 2 is 2.00 bits per heavy atom. The van der Waals surface area contributed by atoms with Crippen molar-refractivity contribution in [3.63, 3.8) is 0 Å². The summed E-state index contributed by atoms with van der Waals surface area (Å²) in [4.78, 5) is 10.8. The highest BCUT2D eigenvalue weighted by Crippen LogP contribution is 2.36. The molecular weight excluding hydrogens is 237 g/mol. The number of carbonyl (C=O) groups excluding carboxylic acids is 1. The number of benzene rings is 1. The Labute approximate surface area is 96.1 Å². The van der Waals surface area contributed by atoms with Crippen LogP contribution in [0.25, 0.3) is 0 Å². The summed E-state index contributed by atoms with van der Waals surface area (Å²) in [5.41, 5.74) is -0.441. The lowest BCUT2D eigenvalue weighted by Gasteiger charge is -2.13. The molecule has 0 radical (unpaired) electrons. The van der Waals surface area contributed by atoms with E-state index >= 15 is 0 Å². The van der Waals surface area contributed by atoms with Crippen LogP contribution in [0.15, 0.2) is 18.2 Å². The summed E-state index contributed by atoms with van der Waals surface area (Å²) in [5, 5.41) is 0. The van der Waals surface area contributed by atoms with Gasteiger partial charge in [-0.05, 0) is 19.1 Å². The molecule has 0 aliphatic rings. The first-order chi connectivity index (χ1) is 7.84. The van der Waals surface area contributed by atoms with E-state index in [0.717, 1.165) is 13.2 Å². The molecule has 0 unspecified atom stereocenters. The highest BCUT2D eigenvalue weighted by atomic mass is 19.4. The average molecular weight is 248 g/mol. The maximum atomic E-state index is 12.6. The van der Waals surface area contributed by atoms with Crippen LogP contribution in [0.2, 0.25) is 0 Å². The Bertz CT molecular complexity index is 413. The first-order valence-corrected chi connectivity index (χ1v) is 4.72. The first kappa shape index (κ1) is 13.3. The molecule has 6 heteroatoms. The SMILES string of the molecule is COC(=O)COc1ccc(C)cc1C(F)(F)F. The lowest BCUT2D eigenvalue weighted by Crippen LogP contribution is -2.15. The van der Waals surface area contributed by atoms with E-state index < -0.39 is 24.3 Å². The number of alkyl halides is 3. The molecule has 0 N–H and O–H groups in total. The van der Waals surface area contributed by atoms with Crippen molar-refractivity contribution in [2.75, 3.05) is 13.7 Å². The van der Waals surface area contributed by atoms with Gasteiger partial charge in [-0.3, -0.25) is 0 Å². The Kier molecular flexibility index (Phi) is 3.98. The zero-order valence-electron chi connectivity index (χ0n) is 9.30. The van der Waals surface area contributed by atoms with E-state index in [1.807, 2.05) is 0 Å². The monoisotopic (exact) mass is 248 g/mol. The van der Waals surface area contributed by atoms with Crippen LogP contribution in [0.5, 0.6) is 5.75 Å². The predicted molar refractivity (Wildman–Crippen MR) is 53.7 cm³/mol. The average Bonchev–Trinajstić information content (AvgIpc) is 2.25. The van der Waals surface area contributed by atoms with Crippen molar-refractivity contribution in [2.45, 2.75) is 13.1 Å². The largest absolute Gasteiger partial charge is 0.481 e. The number of aryl methyl sites for hydroxylation is 1. The van der Waals surface area contributed by atoms with Crippen molar-refractivity contribution in [1.82, 2.24) is 0 Å². The number of hydrogen-bond acceptors (Lipinski definition) is 3. The van der Waals surface area contributed by atoms with Crippen LogP contribution >= 0.6 is 0 Å². The number of carbonyl (C=O) groups is 1. The molecule has 0 atom stereocenters. The van der Waals surface area contributed by atoms with Gasteiger partial charge in [0.05, 0.1) is 12.7 Å². The third-order valence-electron chi connectivity index (χ3n) is 2.01. The Hall–Kier alpha value is -1.72. The maximum absolute atomic E-state index is 12.6. The second kappa shape index (κ2) is 5.07. The molecule has 0 spiro atoms. The molecule has 17 heavy (non-hydrogen) atoms. The van der Waals surface area contributed by atoms with Crippen LogP contribution in [0.1, 0.15) is 11.1 Å². The first-order valence-electron chi connectivity index (χ1n) is 4.72. The molecule has 0 amide bonds. The molecule has 0 aliphatic heterocycles. The Balaban J connectivity index is 2.95. The second-order valence-corrected chi connectivity index (χ2v) is 3.36. The topological polar surface area (TPSA) is 35.5 Å². The van der Waals surface area contributed by atoms with Gasteiger partial charge in [0, 0.05) is 0 Å². The molecule has 0 aromatic heterocycles. The van der Waals surface area contributed by atoms with Crippen molar-refractivity contribution in [2.24, 2.45) is 0 Å². The van der Waals surface area contributed by atoms with E-state index in [1.54, 1.807) is 6.92 Å². The Morgan fingerprint density at radius 3 is 2.53 bits per heavy atom. The van der Waals surface area contributed by atoms with Crippen molar-refractivity contribution < 1.29 is 27.4 Å². The molecule has 0 fully saturated rings. The third-order valence-corrected chi connectivity index (χ3v) is 2.01. The summed E-state index contributed by atoms with van der Waals surface area (Å²) in [6.45, 7) is 0.988. The molecule has 0 saturated carbocycles. The van der Waals surface area contributed by atoms with Crippen LogP contribution in [-0.2, 0) is 15.7 Å². The fourth-order valence-corrected chi connectivity index (χ4v) is 1.19. The zero-order chi connectivity index (χ0) is 13.1. The van der Waals surface area contributed by atoms with Gasteiger partial charge in [-0.2, -0.15) is 13.2 Å². The van der Waals surface area contributed by atoms with Gasteiger partial charge in [0.2, 0.25) is 0 Å². The summed E-state index contributed by atoms with van der Waals surface area (Å²) < 4.78 is 47.0. The van der Waals surface area contributed by atoms with Gasteiger partial charge in [0.15, 0.2) is 6.61 Å². The highest BCUT2D eigenvalue weighted by molar-refractivity contribution is 5.70. The van der Waals surface area contributed by atoms with Gasteiger partial charge >= 0.3 is 12.1 Å². The van der Waals surface area contributed by atoms with Crippen molar-refractivity contribution in [1.29, 1.82) is 0 Å². The van der Waals surface area contributed by atoms with Crippen LogP contribution in [0.3, 0.4) is 0 Å². The fraction of sp³-hybridized carbons (Fsp3) is 0.364. The zero-order valence-corrected chi connectivity index (χ0v) is 9.30. The molecule has 94 valence electrons. The number of ether oxygens (including phenoxy) is 2. The van der Waals surface area contributed by atoms with Gasteiger partial charge < -0.3 is 9.47 Å². The van der Waals surface area contributed by atoms with Crippen LogP contribution < -0.4 is 4.74 Å². The summed E-state index contributed by atoms with van der Waals surface area (Å²) in [6.07, 6.45) is -4.52. The van der Waals surface area contributed by atoms with E-state index in [0.29, 0.717) is 5.56 Å². The van der Waals surface area contributed by atoms with Gasteiger partial charge in [0.1, 0.15) is 5.75 Å². The number of hydrogen-bond donors (Lipinski definition) is 0. The predicted octanol–water partition coefficient (Wildman–Crippen LogP) is 2.57. The lowest BCUT2D eigenvalue weighted by atomic mass is 10.1. The molecular formula is C11H11F3O3. The highest BCUT2D eigenvalue weighted by Gasteiger charge is 2.34.